The molecule has 1 aromatic heterocycles. The Morgan fingerprint density at radius 1 is 1.19 bits per heavy atom. The molecule has 1 amide bonds. The summed E-state index contributed by atoms with van der Waals surface area (Å²) in [5.41, 5.74) is 0.0598. The van der Waals surface area contributed by atoms with Crippen LogP contribution < -0.4 is 9.64 Å². The fraction of sp³-hybridized carbons (Fsp3) is 0.333. The zero-order chi connectivity index (χ0) is 20.9. The number of ether oxygens (including phenoxy) is 2. The number of aromatic nitrogens is 1. The first-order valence-electron chi connectivity index (χ1n) is 9.64. The summed E-state index contributed by atoms with van der Waals surface area (Å²) < 4.78 is 39.0. The van der Waals surface area contributed by atoms with Crippen LogP contribution in [0.15, 0.2) is 42.5 Å². The first-order chi connectivity index (χ1) is 14.6. The molecule has 1 fully saturated rings. The second kappa shape index (κ2) is 10.8. The van der Waals surface area contributed by atoms with Crippen molar-refractivity contribution in [2.75, 3.05) is 50.9 Å². The van der Waals surface area contributed by atoms with Gasteiger partial charge in [-0.25, -0.2) is 13.8 Å². The molecule has 2 aromatic carbocycles. The Balaban J connectivity index is 0.00000272. The van der Waals surface area contributed by atoms with Gasteiger partial charge in [0.15, 0.2) is 17.6 Å². The Morgan fingerprint density at radius 3 is 2.68 bits per heavy atom. The van der Waals surface area contributed by atoms with Gasteiger partial charge in [-0.1, -0.05) is 29.5 Å². The maximum atomic E-state index is 14.1. The van der Waals surface area contributed by atoms with E-state index in [0.717, 1.165) is 30.5 Å². The molecule has 0 aliphatic carbocycles. The molecular weight excluding hydrogens is 448 g/mol. The maximum absolute atomic E-state index is 14.1. The molecule has 0 spiro atoms. The molecule has 1 aliphatic heterocycles. The number of hydrogen-bond acceptors (Lipinski definition) is 6. The monoisotopic (exact) mass is 469 g/mol. The Labute approximate surface area is 188 Å². The Morgan fingerprint density at radius 2 is 1.94 bits per heavy atom. The van der Waals surface area contributed by atoms with Gasteiger partial charge in [0.25, 0.3) is 5.91 Å². The number of para-hydroxylation sites is 1. The minimum atomic E-state index is -0.742. The van der Waals surface area contributed by atoms with E-state index in [9.17, 15) is 13.6 Å². The van der Waals surface area contributed by atoms with E-state index in [-0.39, 0.29) is 30.4 Å². The van der Waals surface area contributed by atoms with Crippen LogP contribution in [0.25, 0.3) is 10.2 Å². The van der Waals surface area contributed by atoms with E-state index in [2.05, 4.69) is 9.88 Å². The van der Waals surface area contributed by atoms with Crippen LogP contribution in [-0.2, 0) is 9.53 Å². The molecule has 0 bridgehead atoms. The van der Waals surface area contributed by atoms with Crippen molar-refractivity contribution in [3.05, 3.63) is 54.1 Å². The van der Waals surface area contributed by atoms with Crippen molar-refractivity contribution in [1.82, 2.24) is 9.88 Å². The van der Waals surface area contributed by atoms with Crippen molar-refractivity contribution in [2.45, 2.75) is 0 Å². The van der Waals surface area contributed by atoms with Gasteiger partial charge in [0.05, 0.1) is 17.9 Å². The van der Waals surface area contributed by atoms with Crippen LogP contribution in [0.3, 0.4) is 0 Å². The molecule has 166 valence electrons. The summed E-state index contributed by atoms with van der Waals surface area (Å²) in [5, 5.41) is 0.324. The number of anilines is 1. The molecule has 31 heavy (non-hydrogen) atoms. The highest BCUT2D eigenvalue weighted by molar-refractivity contribution is 7.22. The zero-order valence-electron chi connectivity index (χ0n) is 16.6. The van der Waals surface area contributed by atoms with E-state index in [1.165, 1.54) is 11.0 Å². The average Bonchev–Trinajstić information content (AvgIpc) is 3.18. The van der Waals surface area contributed by atoms with Gasteiger partial charge >= 0.3 is 0 Å². The van der Waals surface area contributed by atoms with Gasteiger partial charge in [-0.3, -0.25) is 14.6 Å². The molecular formula is C21H22ClF2N3O3S. The average molecular weight is 470 g/mol. The number of carbonyl (C=O) groups is 1. The Hall–Kier alpha value is -2.33. The van der Waals surface area contributed by atoms with Gasteiger partial charge in [0.1, 0.15) is 17.1 Å². The lowest BCUT2D eigenvalue weighted by molar-refractivity contribution is -0.120. The smallest absolute Gasteiger partial charge is 0.266 e. The van der Waals surface area contributed by atoms with Crippen LogP contribution in [0, 0.1) is 11.6 Å². The van der Waals surface area contributed by atoms with Gasteiger partial charge in [-0.05, 0) is 18.2 Å². The van der Waals surface area contributed by atoms with Crippen molar-refractivity contribution in [3.8, 4) is 5.75 Å². The summed E-state index contributed by atoms with van der Waals surface area (Å²) in [4.78, 5) is 20.9. The highest BCUT2D eigenvalue weighted by Gasteiger charge is 2.23. The lowest BCUT2D eigenvalue weighted by Crippen LogP contribution is -2.44. The summed E-state index contributed by atoms with van der Waals surface area (Å²) in [7, 11) is 0. The first-order valence-corrected chi connectivity index (χ1v) is 10.5. The molecule has 6 nitrogen and oxygen atoms in total. The Bertz CT molecular complexity index is 1020. The zero-order valence-corrected chi connectivity index (χ0v) is 18.3. The van der Waals surface area contributed by atoms with Crippen molar-refractivity contribution >= 4 is 45.0 Å². The second-order valence-electron chi connectivity index (χ2n) is 6.83. The van der Waals surface area contributed by atoms with Gasteiger partial charge in [-0.2, -0.15) is 0 Å². The van der Waals surface area contributed by atoms with Gasteiger partial charge in [0, 0.05) is 32.2 Å². The van der Waals surface area contributed by atoms with E-state index >= 15 is 0 Å². The fourth-order valence-corrected chi connectivity index (χ4v) is 4.24. The third-order valence-electron chi connectivity index (χ3n) is 4.78. The molecule has 0 unspecified atom stereocenters. The van der Waals surface area contributed by atoms with Gasteiger partial charge in [-0.15, -0.1) is 12.4 Å². The maximum Gasteiger partial charge on any atom is 0.266 e. The number of carbonyl (C=O) groups excluding carboxylic acids is 1. The van der Waals surface area contributed by atoms with Crippen LogP contribution in [0.5, 0.6) is 5.75 Å². The number of amides is 1. The number of thiazole rings is 1. The van der Waals surface area contributed by atoms with Gasteiger partial charge in [0.2, 0.25) is 0 Å². The summed E-state index contributed by atoms with van der Waals surface area (Å²) in [6.45, 7) is 3.66. The van der Waals surface area contributed by atoms with Crippen molar-refractivity contribution in [2.24, 2.45) is 0 Å². The molecule has 4 rings (SSSR count). The number of rotatable bonds is 7. The van der Waals surface area contributed by atoms with Crippen molar-refractivity contribution in [3.63, 3.8) is 0 Å². The standard InChI is InChI=1S/C21H21F2N3O3S.ClH/c22-15-12-17(23)20-18(13-15)30-21(24-20)26(7-6-25-8-10-28-11-9-25)19(27)14-29-16-4-2-1-3-5-16;/h1-5,12-13H,6-11,14H2;1H. The van der Waals surface area contributed by atoms with E-state index in [1.54, 1.807) is 12.1 Å². The predicted octanol–water partition coefficient (Wildman–Crippen LogP) is 3.74. The number of fused-ring (bicyclic) bond motifs is 1. The molecule has 1 aliphatic rings. The second-order valence-corrected chi connectivity index (χ2v) is 7.84. The third-order valence-corrected chi connectivity index (χ3v) is 5.81. The minimum absolute atomic E-state index is 0. The molecule has 0 atom stereocenters. The number of halogens is 3. The number of benzene rings is 2. The molecule has 10 heteroatoms. The molecule has 3 aromatic rings. The highest BCUT2D eigenvalue weighted by atomic mass is 35.5. The van der Waals surface area contributed by atoms with Crippen LogP contribution in [-0.4, -0.2) is 61.8 Å². The summed E-state index contributed by atoms with van der Waals surface area (Å²) in [6.07, 6.45) is 0. The van der Waals surface area contributed by atoms with Crippen LogP contribution in [0.1, 0.15) is 0 Å². The highest BCUT2D eigenvalue weighted by Crippen LogP contribution is 2.31. The molecule has 2 heterocycles. The van der Waals surface area contributed by atoms with Crippen LogP contribution in [0.2, 0.25) is 0 Å². The summed E-state index contributed by atoms with van der Waals surface area (Å²) >= 11 is 1.09. The van der Waals surface area contributed by atoms with Crippen molar-refractivity contribution in [1.29, 1.82) is 0 Å². The van der Waals surface area contributed by atoms with E-state index in [4.69, 9.17) is 9.47 Å². The van der Waals surface area contributed by atoms with Gasteiger partial charge < -0.3 is 9.47 Å². The Kier molecular flexibility index (Phi) is 8.14. The van der Waals surface area contributed by atoms with Crippen LogP contribution in [0.4, 0.5) is 13.9 Å². The lowest BCUT2D eigenvalue weighted by Gasteiger charge is -2.29. The largest absolute Gasteiger partial charge is 0.484 e. The van der Waals surface area contributed by atoms with E-state index in [0.29, 0.717) is 41.9 Å². The minimum Gasteiger partial charge on any atom is -0.484 e. The van der Waals surface area contributed by atoms with Crippen LogP contribution >= 0.6 is 23.7 Å². The lowest BCUT2D eigenvalue weighted by atomic mass is 10.3. The molecule has 1 saturated heterocycles. The predicted molar refractivity (Wildman–Crippen MR) is 118 cm³/mol. The third kappa shape index (κ3) is 5.88. The summed E-state index contributed by atoms with van der Waals surface area (Å²) in [5.74, 6) is -1.13. The first kappa shape index (κ1) is 23.3. The quantitative estimate of drug-likeness (QED) is 0.527. The SMILES string of the molecule is Cl.O=C(COc1ccccc1)N(CCN1CCOCC1)c1nc2c(F)cc(F)cc2s1. The number of hydrogen-bond donors (Lipinski definition) is 0. The number of nitrogens with zero attached hydrogens (tertiary/aromatic N) is 3. The van der Waals surface area contributed by atoms with E-state index < -0.39 is 11.6 Å². The van der Waals surface area contributed by atoms with Crippen molar-refractivity contribution < 1.29 is 23.0 Å². The fourth-order valence-electron chi connectivity index (χ4n) is 3.19. The van der Waals surface area contributed by atoms with E-state index in [1.807, 2.05) is 18.2 Å². The molecule has 0 radical (unpaired) electrons. The normalized spacial score (nSPS) is 14.3. The molecule has 0 N–H and O–H groups in total. The topological polar surface area (TPSA) is 54.9 Å². The molecule has 0 saturated carbocycles. The summed E-state index contributed by atoms with van der Waals surface area (Å²) in [6, 6.07) is 11.1. The number of morpholine rings is 1.